The first-order valence-electron chi connectivity index (χ1n) is 6.14. The van der Waals surface area contributed by atoms with E-state index >= 15 is 0 Å². The molecule has 0 radical (unpaired) electrons. The van der Waals surface area contributed by atoms with Gasteiger partial charge < -0.3 is 4.90 Å². The van der Waals surface area contributed by atoms with Gasteiger partial charge in [0, 0.05) is 23.3 Å². The highest BCUT2D eigenvalue weighted by Gasteiger charge is 2.28. The predicted molar refractivity (Wildman–Crippen MR) is 66.0 cm³/mol. The third kappa shape index (κ3) is 1.58. The van der Waals surface area contributed by atoms with Crippen molar-refractivity contribution in [3.63, 3.8) is 0 Å². The van der Waals surface area contributed by atoms with Crippen molar-refractivity contribution in [2.75, 3.05) is 13.1 Å². The Bertz CT molecular complexity index is 420. The van der Waals surface area contributed by atoms with Crippen molar-refractivity contribution in [1.29, 1.82) is 0 Å². The highest BCUT2D eigenvalue weighted by molar-refractivity contribution is 7.10. The smallest absolute Gasteiger partial charge is 0.254 e. The Morgan fingerprint density at radius 3 is 3.00 bits per heavy atom. The lowest BCUT2D eigenvalue weighted by Crippen LogP contribution is -2.42. The molecule has 1 saturated heterocycles. The van der Waals surface area contributed by atoms with E-state index in [1.165, 1.54) is 29.7 Å². The number of rotatable bonds is 1. The first-order valence-corrected chi connectivity index (χ1v) is 7.02. The van der Waals surface area contributed by atoms with Gasteiger partial charge in [0.1, 0.15) is 0 Å². The molecule has 0 N–H and O–H groups in total. The fourth-order valence-electron chi connectivity index (χ4n) is 2.55. The highest BCUT2D eigenvalue weighted by Crippen LogP contribution is 2.33. The first kappa shape index (κ1) is 10.3. The molecule has 0 bridgehead atoms. The van der Waals surface area contributed by atoms with Gasteiger partial charge >= 0.3 is 0 Å². The van der Waals surface area contributed by atoms with Gasteiger partial charge in [0.05, 0.1) is 5.56 Å². The molecule has 1 fully saturated rings. The second-order valence-electron chi connectivity index (χ2n) is 5.04. The minimum atomic E-state index is 0.276. The molecule has 0 spiro atoms. The summed E-state index contributed by atoms with van der Waals surface area (Å²) in [6, 6.07) is 0. The fourth-order valence-corrected chi connectivity index (χ4v) is 3.78. The minimum absolute atomic E-state index is 0.276. The summed E-state index contributed by atoms with van der Waals surface area (Å²) in [4.78, 5) is 15.6. The van der Waals surface area contributed by atoms with E-state index in [4.69, 9.17) is 0 Å². The maximum absolute atomic E-state index is 12.2. The summed E-state index contributed by atoms with van der Waals surface area (Å²) in [6.45, 7) is 4.22. The van der Waals surface area contributed by atoms with Crippen LogP contribution in [0.25, 0.3) is 0 Å². The second-order valence-corrected chi connectivity index (χ2v) is 6.01. The SMILES string of the molecule is CC1CCc2c(C(=O)N3CCC3)csc2C1. The first-order chi connectivity index (χ1) is 7.75. The Balaban J connectivity index is 1.88. The van der Waals surface area contributed by atoms with Crippen molar-refractivity contribution < 1.29 is 4.79 Å². The van der Waals surface area contributed by atoms with Gasteiger partial charge in [0.15, 0.2) is 0 Å². The third-order valence-electron chi connectivity index (χ3n) is 3.78. The van der Waals surface area contributed by atoms with Gasteiger partial charge in [-0.2, -0.15) is 0 Å². The molecule has 3 heteroatoms. The van der Waals surface area contributed by atoms with Crippen LogP contribution in [-0.4, -0.2) is 23.9 Å². The lowest BCUT2D eigenvalue weighted by Gasteiger charge is -2.31. The molecule has 1 amide bonds. The van der Waals surface area contributed by atoms with E-state index in [9.17, 15) is 4.79 Å². The molecule has 1 atom stereocenters. The lowest BCUT2D eigenvalue weighted by atomic mass is 9.88. The van der Waals surface area contributed by atoms with Gasteiger partial charge in [0.2, 0.25) is 0 Å². The van der Waals surface area contributed by atoms with E-state index in [1.807, 2.05) is 4.90 Å². The Labute approximate surface area is 100 Å². The van der Waals surface area contributed by atoms with Crippen LogP contribution < -0.4 is 0 Å². The molecule has 86 valence electrons. The van der Waals surface area contributed by atoms with Crippen LogP contribution in [0.1, 0.15) is 40.6 Å². The molecule has 1 aliphatic carbocycles. The molecule has 1 aromatic heterocycles. The monoisotopic (exact) mass is 235 g/mol. The van der Waals surface area contributed by atoms with E-state index in [-0.39, 0.29) is 5.91 Å². The van der Waals surface area contributed by atoms with Gasteiger partial charge in [-0.05, 0) is 37.2 Å². The molecule has 0 saturated carbocycles. The molecule has 3 rings (SSSR count). The molecule has 1 aliphatic heterocycles. The number of likely N-dealkylation sites (tertiary alicyclic amines) is 1. The van der Waals surface area contributed by atoms with Gasteiger partial charge in [-0.15, -0.1) is 11.3 Å². The molecule has 1 aromatic rings. The Morgan fingerprint density at radius 2 is 2.31 bits per heavy atom. The number of carbonyl (C=O) groups is 1. The maximum atomic E-state index is 12.2. The number of thiophene rings is 1. The quantitative estimate of drug-likeness (QED) is 0.733. The highest BCUT2D eigenvalue weighted by atomic mass is 32.1. The molecule has 2 heterocycles. The number of hydrogen-bond donors (Lipinski definition) is 0. The van der Waals surface area contributed by atoms with Gasteiger partial charge in [-0.1, -0.05) is 6.92 Å². The van der Waals surface area contributed by atoms with Crippen LogP contribution in [0.2, 0.25) is 0 Å². The molecule has 2 nitrogen and oxygen atoms in total. The predicted octanol–water partition coefficient (Wildman–Crippen LogP) is 2.72. The summed E-state index contributed by atoms with van der Waals surface area (Å²) >= 11 is 1.79. The molecule has 16 heavy (non-hydrogen) atoms. The number of carbonyl (C=O) groups excluding carboxylic acids is 1. The molecular formula is C13H17NOS. The number of amides is 1. The van der Waals surface area contributed by atoms with Gasteiger partial charge in [-0.25, -0.2) is 0 Å². The van der Waals surface area contributed by atoms with E-state index < -0.39 is 0 Å². The van der Waals surface area contributed by atoms with Crippen LogP contribution in [0.5, 0.6) is 0 Å². The van der Waals surface area contributed by atoms with Crippen LogP contribution in [0.15, 0.2) is 5.38 Å². The van der Waals surface area contributed by atoms with E-state index in [2.05, 4.69) is 12.3 Å². The van der Waals surface area contributed by atoms with E-state index in [1.54, 1.807) is 11.3 Å². The van der Waals surface area contributed by atoms with Crippen LogP contribution in [0, 0.1) is 5.92 Å². The molecule has 0 aromatic carbocycles. The Hall–Kier alpha value is -0.830. The molecule has 1 unspecified atom stereocenters. The number of nitrogens with zero attached hydrogens (tertiary/aromatic N) is 1. The topological polar surface area (TPSA) is 20.3 Å². The van der Waals surface area contributed by atoms with Crippen LogP contribution in [0.3, 0.4) is 0 Å². The normalized spacial score (nSPS) is 23.8. The van der Waals surface area contributed by atoms with Crippen molar-refractivity contribution in [3.8, 4) is 0 Å². The van der Waals surface area contributed by atoms with Gasteiger partial charge in [0.25, 0.3) is 5.91 Å². The van der Waals surface area contributed by atoms with Gasteiger partial charge in [-0.3, -0.25) is 4.79 Å². The van der Waals surface area contributed by atoms with Crippen molar-refractivity contribution in [2.24, 2.45) is 5.92 Å². The summed E-state index contributed by atoms with van der Waals surface area (Å²) in [6.07, 6.45) is 4.70. The average Bonchev–Trinajstić information content (AvgIpc) is 2.57. The summed E-state index contributed by atoms with van der Waals surface area (Å²) < 4.78 is 0. The third-order valence-corrected chi connectivity index (χ3v) is 4.83. The summed E-state index contributed by atoms with van der Waals surface area (Å²) in [5.74, 6) is 1.07. The summed E-state index contributed by atoms with van der Waals surface area (Å²) in [7, 11) is 0. The number of fused-ring (bicyclic) bond motifs is 1. The minimum Gasteiger partial charge on any atom is -0.338 e. The largest absolute Gasteiger partial charge is 0.338 e. The zero-order valence-electron chi connectivity index (χ0n) is 9.66. The van der Waals surface area contributed by atoms with Crippen LogP contribution in [-0.2, 0) is 12.8 Å². The fraction of sp³-hybridized carbons (Fsp3) is 0.615. The zero-order valence-corrected chi connectivity index (χ0v) is 10.5. The second kappa shape index (κ2) is 3.88. The van der Waals surface area contributed by atoms with Crippen molar-refractivity contribution in [2.45, 2.75) is 32.6 Å². The zero-order chi connectivity index (χ0) is 11.1. The van der Waals surface area contributed by atoms with E-state index in [0.29, 0.717) is 0 Å². The summed E-state index contributed by atoms with van der Waals surface area (Å²) in [5, 5.41) is 2.09. The lowest BCUT2D eigenvalue weighted by molar-refractivity contribution is 0.0651. The number of hydrogen-bond acceptors (Lipinski definition) is 2. The standard InChI is InChI=1S/C13H17NOS/c1-9-3-4-10-11(8-16-12(10)7-9)13(15)14-5-2-6-14/h8-9H,2-7H2,1H3. The molecular weight excluding hydrogens is 218 g/mol. The Kier molecular flexibility index (Phi) is 2.51. The van der Waals surface area contributed by atoms with Crippen LogP contribution in [0.4, 0.5) is 0 Å². The van der Waals surface area contributed by atoms with Crippen LogP contribution >= 0.6 is 11.3 Å². The average molecular weight is 235 g/mol. The maximum Gasteiger partial charge on any atom is 0.254 e. The summed E-state index contributed by atoms with van der Waals surface area (Å²) in [5.41, 5.74) is 2.37. The molecule has 2 aliphatic rings. The van der Waals surface area contributed by atoms with Crippen molar-refractivity contribution in [1.82, 2.24) is 4.90 Å². The van der Waals surface area contributed by atoms with Crippen molar-refractivity contribution >= 4 is 17.2 Å². The Morgan fingerprint density at radius 1 is 1.50 bits per heavy atom. The van der Waals surface area contributed by atoms with Crippen molar-refractivity contribution in [3.05, 3.63) is 21.4 Å². The van der Waals surface area contributed by atoms with E-state index in [0.717, 1.165) is 31.0 Å².